The molecule has 0 aliphatic carbocycles. The lowest BCUT2D eigenvalue weighted by molar-refractivity contribution is 0.0695. The zero-order valence-electron chi connectivity index (χ0n) is 12.3. The molecule has 1 fully saturated rings. The second-order valence-electron chi connectivity index (χ2n) is 5.88. The first-order valence-electron chi connectivity index (χ1n) is 7.13. The first-order valence-corrected chi connectivity index (χ1v) is 7.13. The molecule has 0 radical (unpaired) electrons. The Balaban J connectivity index is 1.90. The summed E-state index contributed by atoms with van der Waals surface area (Å²) in [6, 6.07) is 7.61. The van der Waals surface area contributed by atoms with Crippen LogP contribution in [0.5, 0.6) is 0 Å². The molecule has 112 valence electrons. The summed E-state index contributed by atoms with van der Waals surface area (Å²) < 4.78 is 0. The monoisotopic (exact) mass is 288 g/mol. The van der Waals surface area contributed by atoms with E-state index in [-0.39, 0.29) is 11.9 Å². The molecule has 6 heteroatoms. The number of carbonyl (C=O) groups is 1. The third kappa shape index (κ3) is 2.64. The summed E-state index contributed by atoms with van der Waals surface area (Å²) in [6.45, 7) is 1.11. The van der Waals surface area contributed by atoms with Crippen molar-refractivity contribution < 1.29 is 9.90 Å². The minimum Gasteiger partial charge on any atom is -0.391 e. The molecule has 3 rings (SSSR count). The van der Waals surface area contributed by atoms with Gasteiger partial charge in [-0.25, -0.2) is 0 Å². The van der Waals surface area contributed by atoms with Crippen molar-refractivity contribution in [3.05, 3.63) is 30.0 Å². The number of rotatable bonds is 3. The fraction of sp³-hybridized carbons (Fsp3) is 0.467. The van der Waals surface area contributed by atoms with Gasteiger partial charge in [0.25, 0.3) is 5.91 Å². The van der Waals surface area contributed by atoms with E-state index in [1.54, 1.807) is 4.90 Å². The third-order valence-corrected chi connectivity index (χ3v) is 3.90. The highest BCUT2D eigenvalue weighted by molar-refractivity contribution is 6.04. The smallest absolute Gasteiger partial charge is 0.275 e. The lowest BCUT2D eigenvalue weighted by atomic mass is 10.1. The number of amides is 1. The second kappa shape index (κ2) is 5.46. The third-order valence-electron chi connectivity index (χ3n) is 3.90. The largest absolute Gasteiger partial charge is 0.391 e. The molecule has 2 aromatic rings. The summed E-state index contributed by atoms with van der Waals surface area (Å²) in [5.74, 6) is -0.115. The number of hydrogen-bond acceptors (Lipinski definition) is 4. The molecule has 0 spiro atoms. The molecule has 0 bridgehead atoms. The lowest BCUT2D eigenvalue weighted by Crippen LogP contribution is -2.41. The average molecular weight is 288 g/mol. The van der Waals surface area contributed by atoms with Gasteiger partial charge in [0, 0.05) is 24.5 Å². The fourth-order valence-corrected chi connectivity index (χ4v) is 3.00. The SMILES string of the molecule is CN(C)CC1CC(O)CN1C(=O)c1n[nH]c2ccccc12. The number of nitrogens with zero attached hydrogens (tertiary/aromatic N) is 3. The average Bonchev–Trinajstić information content (AvgIpc) is 3.01. The number of likely N-dealkylation sites (N-methyl/N-ethyl adjacent to an activating group) is 1. The maximum atomic E-state index is 12.8. The van der Waals surface area contributed by atoms with Crippen molar-refractivity contribution in [3.63, 3.8) is 0 Å². The topological polar surface area (TPSA) is 72.5 Å². The molecule has 1 aromatic carbocycles. The van der Waals surface area contributed by atoms with Crippen LogP contribution in [0.15, 0.2) is 24.3 Å². The van der Waals surface area contributed by atoms with Gasteiger partial charge in [-0.15, -0.1) is 0 Å². The van der Waals surface area contributed by atoms with Gasteiger partial charge in [-0.1, -0.05) is 18.2 Å². The molecule has 1 aliphatic rings. The Hall–Kier alpha value is -1.92. The maximum Gasteiger partial charge on any atom is 0.275 e. The number of aromatic amines is 1. The van der Waals surface area contributed by atoms with Crippen LogP contribution < -0.4 is 0 Å². The zero-order chi connectivity index (χ0) is 15.0. The van der Waals surface area contributed by atoms with E-state index in [2.05, 4.69) is 10.2 Å². The quantitative estimate of drug-likeness (QED) is 0.872. The number of likely N-dealkylation sites (tertiary alicyclic amines) is 1. The number of aliphatic hydroxyl groups excluding tert-OH is 1. The summed E-state index contributed by atoms with van der Waals surface area (Å²) in [5, 5.41) is 17.8. The van der Waals surface area contributed by atoms with E-state index < -0.39 is 6.10 Å². The molecule has 1 aliphatic heterocycles. The number of aliphatic hydroxyl groups is 1. The van der Waals surface area contributed by atoms with Crippen LogP contribution in [0.25, 0.3) is 10.9 Å². The number of fused-ring (bicyclic) bond motifs is 1. The van der Waals surface area contributed by atoms with Crippen LogP contribution in [-0.2, 0) is 0 Å². The van der Waals surface area contributed by atoms with Gasteiger partial charge in [0.1, 0.15) is 0 Å². The molecule has 21 heavy (non-hydrogen) atoms. The molecule has 2 atom stereocenters. The van der Waals surface area contributed by atoms with E-state index in [1.807, 2.05) is 43.3 Å². The Kier molecular flexibility index (Phi) is 3.65. The molecule has 1 amide bonds. The van der Waals surface area contributed by atoms with E-state index in [0.717, 1.165) is 17.4 Å². The standard InChI is InChI=1S/C15H20N4O2/c1-18(2)8-10-7-11(20)9-19(10)15(21)14-12-5-3-4-6-13(12)16-17-14/h3-6,10-11,20H,7-9H2,1-2H3,(H,16,17). The second-order valence-corrected chi connectivity index (χ2v) is 5.88. The van der Waals surface area contributed by atoms with Gasteiger partial charge in [-0.2, -0.15) is 5.10 Å². The number of carbonyl (C=O) groups excluding carboxylic acids is 1. The number of nitrogens with one attached hydrogen (secondary N) is 1. The summed E-state index contributed by atoms with van der Waals surface area (Å²) in [6.07, 6.45) is 0.163. The van der Waals surface area contributed by atoms with Crippen LogP contribution in [0.3, 0.4) is 0 Å². The summed E-state index contributed by atoms with van der Waals surface area (Å²) in [7, 11) is 3.94. The van der Waals surface area contributed by atoms with Crippen molar-refractivity contribution in [2.24, 2.45) is 0 Å². The zero-order valence-corrected chi connectivity index (χ0v) is 12.3. The van der Waals surface area contributed by atoms with Gasteiger partial charge < -0.3 is 14.9 Å². The van der Waals surface area contributed by atoms with E-state index in [0.29, 0.717) is 18.7 Å². The summed E-state index contributed by atoms with van der Waals surface area (Å²) in [5.41, 5.74) is 1.29. The van der Waals surface area contributed by atoms with Crippen LogP contribution in [-0.4, -0.2) is 70.3 Å². The summed E-state index contributed by atoms with van der Waals surface area (Å²) in [4.78, 5) is 16.6. The normalized spacial score (nSPS) is 22.4. The Morgan fingerprint density at radius 1 is 1.48 bits per heavy atom. The Morgan fingerprint density at radius 2 is 2.24 bits per heavy atom. The minimum atomic E-state index is -0.455. The Morgan fingerprint density at radius 3 is 3.00 bits per heavy atom. The van der Waals surface area contributed by atoms with Crippen molar-refractivity contribution in [1.82, 2.24) is 20.0 Å². The minimum absolute atomic E-state index is 0.0259. The highest BCUT2D eigenvalue weighted by atomic mass is 16.3. The Bertz CT molecular complexity index is 652. The van der Waals surface area contributed by atoms with Crippen molar-refractivity contribution >= 4 is 16.8 Å². The molecular formula is C15H20N4O2. The predicted molar refractivity (Wildman–Crippen MR) is 80.1 cm³/mol. The van der Waals surface area contributed by atoms with Gasteiger partial charge in [0.2, 0.25) is 0 Å². The highest BCUT2D eigenvalue weighted by Gasteiger charge is 2.36. The van der Waals surface area contributed by atoms with Crippen LogP contribution >= 0.6 is 0 Å². The van der Waals surface area contributed by atoms with Gasteiger partial charge in [-0.05, 0) is 26.6 Å². The van der Waals surface area contributed by atoms with Crippen molar-refractivity contribution in [2.45, 2.75) is 18.6 Å². The van der Waals surface area contributed by atoms with E-state index in [1.165, 1.54) is 0 Å². The van der Waals surface area contributed by atoms with E-state index in [9.17, 15) is 9.90 Å². The van der Waals surface area contributed by atoms with Crippen molar-refractivity contribution in [1.29, 1.82) is 0 Å². The molecular weight excluding hydrogens is 268 g/mol. The van der Waals surface area contributed by atoms with Crippen molar-refractivity contribution in [3.8, 4) is 0 Å². The van der Waals surface area contributed by atoms with Crippen molar-refractivity contribution in [2.75, 3.05) is 27.2 Å². The van der Waals surface area contributed by atoms with Crippen LogP contribution in [0.1, 0.15) is 16.9 Å². The van der Waals surface area contributed by atoms with Gasteiger partial charge >= 0.3 is 0 Å². The number of benzene rings is 1. The maximum absolute atomic E-state index is 12.8. The van der Waals surface area contributed by atoms with Gasteiger partial charge in [0.15, 0.2) is 5.69 Å². The molecule has 2 heterocycles. The van der Waals surface area contributed by atoms with Crippen LogP contribution in [0, 0.1) is 0 Å². The highest BCUT2D eigenvalue weighted by Crippen LogP contribution is 2.23. The first kappa shape index (κ1) is 14.0. The predicted octanol–water partition coefficient (Wildman–Crippen LogP) is 0.700. The van der Waals surface area contributed by atoms with Gasteiger partial charge in [-0.3, -0.25) is 9.89 Å². The molecule has 6 nitrogen and oxygen atoms in total. The molecule has 2 unspecified atom stereocenters. The van der Waals surface area contributed by atoms with Crippen LogP contribution in [0.2, 0.25) is 0 Å². The summed E-state index contributed by atoms with van der Waals surface area (Å²) >= 11 is 0. The number of para-hydroxylation sites is 1. The number of H-pyrrole nitrogens is 1. The number of aromatic nitrogens is 2. The van der Waals surface area contributed by atoms with Gasteiger partial charge in [0.05, 0.1) is 11.6 Å². The molecule has 1 saturated heterocycles. The first-order chi connectivity index (χ1) is 10.1. The lowest BCUT2D eigenvalue weighted by Gasteiger charge is -2.26. The number of β-amino-alcohol motifs (C(OH)–C–C–N with tert-alkyl or cyclic N) is 1. The van der Waals surface area contributed by atoms with E-state index >= 15 is 0 Å². The molecule has 1 aromatic heterocycles. The van der Waals surface area contributed by atoms with Crippen LogP contribution in [0.4, 0.5) is 0 Å². The fourth-order valence-electron chi connectivity index (χ4n) is 3.00. The molecule has 2 N–H and O–H groups in total. The number of hydrogen-bond donors (Lipinski definition) is 2. The molecule has 0 saturated carbocycles. The van der Waals surface area contributed by atoms with E-state index in [4.69, 9.17) is 0 Å². The Labute approximate surface area is 123 Å².